The molecule has 1 aromatic rings. The minimum atomic E-state index is -0.240. The fourth-order valence-corrected chi connectivity index (χ4v) is 3.54. The topological polar surface area (TPSA) is 33.2 Å². The normalized spacial score (nSPS) is 19.1. The summed E-state index contributed by atoms with van der Waals surface area (Å²) in [4.78, 5) is 19.2. The molecule has 100 valence electrons. The first kappa shape index (κ1) is 13.7. The molecule has 1 aromatic heterocycles. The average molecular weight is 266 g/mol. The first-order valence-corrected chi connectivity index (χ1v) is 7.54. The van der Waals surface area contributed by atoms with Gasteiger partial charge in [-0.1, -0.05) is 19.3 Å². The van der Waals surface area contributed by atoms with Crippen LogP contribution in [0.5, 0.6) is 0 Å². The van der Waals surface area contributed by atoms with Crippen molar-refractivity contribution >= 4 is 17.1 Å². The van der Waals surface area contributed by atoms with E-state index in [4.69, 9.17) is 0 Å². The maximum atomic E-state index is 12.7. The zero-order valence-corrected chi connectivity index (χ0v) is 12.3. The number of carbonyl (C=O) groups excluding carboxylic acids is 1. The van der Waals surface area contributed by atoms with Crippen LogP contribution in [0.3, 0.4) is 0 Å². The number of aromatic nitrogens is 1. The van der Waals surface area contributed by atoms with Gasteiger partial charge in [-0.05, 0) is 33.9 Å². The minimum absolute atomic E-state index is 0.240. The summed E-state index contributed by atoms with van der Waals surface area (Å²) < 4.78 is 0. The van der Waals surface area contributed by atoms with E-state index in [0.29, 0.717) is 12.2 Å². The predicted molar refractivity (Wildman–Crippen MR) is 75.1 cm³/mol. The number of carbonyl (C=O) groups is 1. The van der Waals surface area contributed by atoms with Gasteiger partial charge in [-0.25, -0.2) is 4.98 Å². The van der Waals surface area contributed by atoms with Crippen LogP contribution in [0.4, 0.5) is 0 Å². The first-order valence-electron chi connectivity index (χ1n) is 6.66. The van der Waals surface area contributed by atoms with E-state index >= 15 is 0 Å². The van der Waals surface area contributed by atoms with Crippen molar-refractivity contribution in [3.05, 3.63) is 16.1 Å². The van der Waals surface area contributed by atoms with Gasteiger partial charge in [-0.2, -0.15) is 0 Å². The van der Waals surface area contributed by atoms with Gasteiger partial charge in [0.25, 0.3) is 0 Å². The van der Waals surface area contributed by atoms with Crippen molar-refractivity contribution in [2.45, 2.75) is 51.0 Å². The van der Waals surface area contributed by atoms with Gasteiger partial charge in [0.15, 0.2) is 5.78 Å². The fourth-order valence-electron chi connectivity index (χ4n) is 2.93. The Morgan fingerprint density at radius 1 is 1.39 bits per heavy atom. The van der Waals surface area contributed by atoms with Gasteiger partial charge >= 0.3 is 0 Å². The molecule has 3 nitrogen and oxygen atoms in total. The highest BCUT2D eigenvalue weighted by atomic mass is 32.1. The van der Waals surface area contributed by atoms with Crippen molar-refractivity contribution in [2.24, 2.45) is 0 Å². The van der Waals surface area contributed by atoms with Gasteiger partial charge in [0.1, 0.15) is 0 Å². The predicted octanol–water partition coefficient (Wildman–Crippen LogP) is 2.83. The molecule has 0 aromatic carbocycles. The molecule has 0 radical (unpaired) electrons. The van der Waals surface area contributed by atoms with Crippen molar-refractivity contribution in [1.82, 2.24) is 9.88 Å². The Bertz CT molecular complexity index is 419. The summed E-state index contributed by atoms with van der Waals surface area (Å²) in [6.07, 6.45) is 6.09. The van der Waals surface area contributed by atoms with Gasteiger partial charge in [-0.15, -0.1) is 11.3 Å². The van der Waals surface area contributed by atoms with Crippen LogP contribution in [0.2, 0.25) is 0 Å². The molecule has 0 N–H and O–H groups in total. The number of rotatable bonds is 4. The summed E-state index contributed by atoms with van der Waals surface area (Å²) in [7, 11) is 4.07. The van der Waals surface area contributed by atoms with Gasteiger partial charge in [0.2, 0.25) is 0 Å². The standard InChI is InChI=1S/C14H22N2OS/c1-11-15-12(10-18-11)9-13(17)14(16(2)3)7-5-4-6-8-14/h10H,4-9H2,1-3H3. The lowest BCUT2D eigenvalue weighted by Crippen LogP contribution is -2.53. The van der Waals surface area contributed by atoms with Gasteiger partial charge in [-0.3, -0.25) is 9.69 Å². The molecule has 1 aliphatic carbocycles. The molecular formula is C14H22N2OS. The lowest BCUT2D eigenvalue weighted by atomic mass is 9.76. The van der Waals surface area contributed by atoms with Crippen LogP contribution in [-0.2, 0) is 11.2 Å². The molecule has 18 heavy (non-hydrogen) atoms. The van der Waals surface area contributed by atoms with E-state index in [2.05, 4.69) is 9.88 Å². The Labute approximate surface area is 113 Å². The third kappa shape index (κ3) is 2.64. The lowest BCUT2D eigenvalue weighted by molar-refractivity contribution is -0.131. The van der Waals surface area contributed by atoms with Crippen molar-refractivity contribution in [1.29, 1.82) is 0 Å². The van der Waals surface area contributed by atoms with Crippen molar-refractivity contribution in [3.63, 3.8) is 0 Å². The third-order valence-corrected chi connectivity index (χ3v) is 4.89. The molecule has 4 heteroatoms. The van der Waals surface area contributed by atoms with Crippen LogP contribution in [0, 0.1) is 6.92 Å². The zero-order chi connectivity index (χ0) is 13.2. The van der Waals surface area contributed by atoms with Gasteiger partial charge in [0, 0.05) is 5.38 Å². The van der Waals surface area contributed by atoms with Crippen LogP contribution in [0.1, 0.15) is 42.8 Å². The monoisotopic (exact) mass is 266 g/mol. The third-order valence-electron chi connectivity index (χ3n) is 4.06. The first-order chi connectivity index (χ1) is 8.54. The zero-order valence-electron chi connectivity index (χ0n) is 11.5. The molecule has 0 amide bonds. The summed E-state index contributed by atoms with van der Waals surface area (Å²) >= 11 is 1.62. The second-order valence-corrected chi connectivity index (χ2v) is 6.51. The van der Waals surface area contributed by atoms with Gasteiger partial charge < -0.3 is 0 Å². The molecule has 1 saturated carbocycles. The number of likely N-dealkylation sites (N-methyl/N-ethyl adjacent to an activating group) is 1. The highest BCUT2D eigenvalue weighted by molar-refractivity contribution is 7.09. The highest BCUT2D eigenvalue weighted by Gasteiger charge is 2.40. The molecule has 1 aliphatic rings. The average Bonchev–Trinajstić information content (AvgIpc) is 2.75. The minimum Gasteiger partial charge on any atom is -0.297 e. The van der Waals surface area contributed by atoms with E-state index in [9.17, 15) is 4.79 Å². The molecule has 1 heterocycles. The highest BCUT2D eigenvalue weighted by Crippen LogP contribution is 2.34. The Balaban J connectivity index is 2.13. The van der Waals surface area contributed by atoms with Crippen LogP contribution in [0.15, 0.2) is 5.38 Å². The van der Waals surface area contributed by atoms with Crippen molar-refractivity contribution in [2.75, 3.05) is 14.1 Å². The van der Waals surface area contributed by atoms with E-state index in [-0.39, 0.29) is 5.54 Å². The van der Waals surface area contributed by atoms with E-state index in [1.54, 1.807) is 11.3 Å². The van der Waals surface area contributed by atoms with E-state index in [0.717, 1.165) is 23.5 Å². The Morgan fingerprint density at radius 3 is 2.56 bits per heavy atom. The molecule has 0 spiro atoms. The van der Waals surface area contributed by atoms with Crippen LogP contribution in [0.25, 0.3) is 0 Å². The molecule has 0 unspecified atom stereocenters. The second kappa shape index (κ2) is 5.49. The number of ketones is 1. The molecule has 0 aliphatic heterocycles. The fraction of sp³-hybridized carbons (Fsp3) is 0.714. The molecule has 0 bridgehead atoms. The lowest BCUT2D eigenvalue weighted by Gasteiger charge is -2.41. The molecular weight excluding hydrogens is 244 g/mol. The summed E-state index contributed by atoms with van der Waals surface area (Å²) in [5.74, 6) is 0.345. The van der Waals surface area contributed by atoms with Crippen LogP contribution < -0.4 is 0 Å². The van der Waals surface area contributed by atoms with Crippen molar-refractivity contribution in [3.8, 4) is 0 Å². The van der Waals surface area contributed by atoms with E-state index in [1.807, 2.05) is 26.4 Å². The summed E-state index contributed by atoms with van der Waals surface area (Å²) in [5, 5.41) is 3.06. The Kier molecular flexibility index (Phi) is 4.17. The van der Waals surface area contributed by atoms with Crippen LogP contribution >= 0.6 is 11.3 Å². The number of nitrogens with zero attached hydrogens (tertiary/aromatic N) is 2. The second-order valence-electron chi connectivity index (χ2n) is 5.44. The van der Waals surface area contributed by atoms with Gasteiger partial charge in [0.05, 0.1) is 22.7 Å². The molecule has 1 fully saturated rings. The van der Waals surface area contributed by atoms with Crippen LogP contribution in [-0.4, -0.2) is 35.3 Å². The Hall–Kier alpha value is -0.740. The Morgan fingerprint density at radius 2 is 2.06 bits per heavy atom. The molecule has 2 rings (SSSR count). The van der Waals surface area contributed by atoms with E-state index in [1.165, 1.54) is 19.3 Å². The number of aryl methyl sites for hydroxylation is 1. The molecule has 0 saturated heterocycles. The number of Topliss-reactive ketones (excluding diaryl/α,β-unsaturated/α-hetero) is 1. The largest absolute Gasteiger partial charge is 0.297 e. The molecule has 0 atom stereocenters. The summed E-state index contributed by atoms with van der Waals surface area (Å²) in [6.45, 7) is 1.99. The number of thiazole rings is 1. The summed E-state index contributed by atoms with van der Waals surface area (Å²) in [5.41, 5.74) is 0.699. The van der Waals surface area contributed by atoms with E-state index < -0.39 is 0 Å². The maximum absolute atomic E-state index is 12.7. The summed E-state index contributed by atoms with van der Waals surface area (Å²) in [6, 6.07) is 0. The quantitative estimate of drug-likeness (QED) is 0.840. The number of hydrogen-bond donors (Lipinski definition) is 0. The number of hydrogen-bond acceptors (Lipinski definition) is 4. The maximum Gasteiger partial charge on any atom is 0.159 e. The smallest absolute Gasteiger partial charge is 0.159 e. The SMILES string of the molecule is Cc1nc(CC(=O)C2(N(C)C)CCCCC2)cs1. The van der Waals surface area contributed by atoms with Crippen molar-refractivity contribution < 1.29 is 4.79 Å².